The number of halogens is 1. The molecule has 1 aliphatic heterocycles. The average molecular weight is 312 g/mol. The summed E-state index contributed by atoms with van der Waals surface area (Å²) in [5.74, 6) is -0.452. The maximum Gasteiger partial charge on any atom is 0.254 e. The van der Waals surface area contributed by atoms with Gasteiger partial charge in [0.05, 0.1) is 5.56 Å². The van der Waals surface area contributed by atoms with E-state index in [-0.39, 0.29) is 11.8 Å². The van der Waals surface area contributed by atoms with E-state index in [1.807, 2.05) is 0 Å². The predicted octanol–water partition coefficient (Wildman–Crippen LogP) is 1.04. The number of nitrogen functional groups attached to an aromatic ring is 1. The van der Waals surface area contributed by atoms with Gasteiger partial charge in [-0.2, -0.15) is 0 Å². The van der Waals surface area contributed by atoms with Crippen LogP contribution in [0.25, 0.3) is 0 Å². The quantitative estimate of drug-likeness (QED) is 0.714. The van der Waals surface area contributed by atoms with E-state index < -0.39 is 6.04 Å². The van der Waals surface area contributed by atoms with Crippen molar-refractivity contribution in [2.45, 2.75) is 18.9 Å². The summed E-state index contributed by atoms with van der Waals surface area (Å²) in [6.45, 7) is 0.672. The van der Waals surface area contributed by atoms with Gasteiger partial charge in [0.2, 0.25) is 5.91 Å². The maximum absolute atomic E-state index is 12.0. The highest BCUT2D eigenvalue weighted by atomic mass is 79.9. The van der Waals surface area contributed by atoms with Crippen molar-refractivity contribution in [1.82, 2.24) is 10.6 Å². The first-order valence-corrected chi connectivity index (χ1v) is 6.51. The van der Waals surface area contributed by atoms with Crippen LogP contribution >= 0.6 is 15.9 Å². The molecule has 1 unspecified atom stereocenters. The van der Waals surface area contributed by atoms with E-state index in [2.05, 4.69) is 26.6 Å². The molecule has 1 aromatic rings. The summed E-state index contributed by atoms with van der Waals surface area (Å²) in [5.41, 5.74) is 6.54. The minimum Gasteiger partial charge on any atom is -0.398 e. The third-order valence-electron chi connectivity index (χ3n) is 2.85. The Morgan fingerprint density at radius 2 is 2.28 bits per heavy atom. The Bertz CT molecular complexity index is 490. The van der Waals surface area contributed by atoms with E-state index in [1.54, 1.807) is 18.2 Å². The normalized spacial score (nSPS) is 19.2. The first-order valence-electron chi connectivity index (χ1n) is 5.71. The third-order valence-corrected chi connectivity index (χ3v) is 3.34. The monoisotopic (exact) mass is 311 g/mol. The van der Waals surface area contributed by atoms with Crippen molar-refractivity contribution in [2.24, 2.45) is 0 Å². The Kier molecular flexibility index (Phi) is 3.86. The van der Waals surface area contributed by atoms with Crippen molar-refractivity contribution in [2.75, 3.05) is 12.3 Å². The van der Waals surface area contributed by atoms with Crippen molar-refractivity contribution in [3.05, 3.63) is 28.2 Å². The number of nitrogens with one attached hydrogen (secondary N) is 2. The van der Waals surface area contributed by atoms with Crippen LogP contribution in [0.4, 0.5) is 5.69 Å². The zero-order valence-electron chi connectivity index (χ0n) is 9.70. The van der Waals surface area contributed by atoms with Crippen molar-refractivity contribution in [3.8, 4) is 0 Å². The fourth-order valence-corrected chi connectivity index (χ4v) is 2.26. The summed E-state index contributed by atoms with van der Waals surface area (Å²) >= 11 is 3.28. The zero-order chi connectivity index (χ0) is 13.1. The molecule has 0 radical (unpaired) electrons. The maximum atomic E-state index is 12.0. The lowest BCUT2D eigenvalue weighted by molar-refractivity contribution is -0.124. The summed E-state index contributed by atoms with van der Waals surface area (Å²) in [6.07, 6.45) is 1.53. The van der Waals surface area contributed by atoms with Crippen LogP contribution in [0.5, 0.6) is 0 Å². The number of anilines is 1. The number of carbonyl (C=O) groups is 2. The molecule has 1 heterocycles. The summed E-state index contributed by atoms with van der Waals surface area (Å²) in [4.78, 5) is 23.5. The highest BCUT2D eigenvalue weighted by molar-refractivity contribution is 9.10. The summed E-state index contributed by atoms with van der Waals surface area (Å²) in [6, 6.07) is 4.58. The first kappa shape index (κ1) is 12.9. The van der Waals surface area contributed by atoms with Crippen LogP contribution in [0.15, 0.2) is 22.7 Å². The molecule has 0 spiro atoms. The number of nitrogens with two attached hydrogens (primary N) is 1. The van der Waals surface area contributed by atoms with Gasteiger partial charge in [0, 0.05) is 16.7 Å². The lowest BCUT2D eigenvalue weighted by atomic mass is 10.1. The summed E-state index contributed by atoms with van der Waals surface area (Å²) in [5, 5.41) is 5.42. The molecule has 1 saturated heterocycles. The minimum atomic E-state index is -0.464. The van der Waals surface area contributed by atoms with E-state index in [0.717, 1.165) is 10.9 Å². The van der Waals surface area contributed by atoms with Gasteiger partial charge in [-0.15, -0.1) is 0 Å². The van der Waals surface area contributed by atoms with Crippen LogP contribution < -0.4 is 16.4 Å². The molecule has 0 aromatic heterocycles. The van der Waals surface area contributed by atoms with Crippen LogP contribution in [0, 0.1) is 0 Å². The van der Waals surface area contributed by atoms with Crippen molar-refractivity contribution >= 4 is 33.4 Å². The summed E-state index contributed by atoms with van der Waals surface area (Å²) < 4.78 is 0.812. The van der Waals surface area contributed by atoms with Gasteiger partial charge < -0.3 is 16.4 Å². The van der Waals surface area contributed by atoms with Crippen LogP contribution in [-0.2, 0) is 4.79 Å². The van der Waals surface area contributed by atoms with Gasteiger partial charge in [-0.3, -0.25) is 9.59 Å². The van der Waals surface area contributed by atoms with Gasteiger partial charge in [0.25, 0.3) is 5.91 Å². The van der Waals surface area contributed by atoms with E-state index in [0.29, 0.717) is 24.2 Å². The Hall–Kier alpha value is -1.56. The summed E-state index contributed by atoms with van der Waals surface area (Å²) in [7, 11) is 0. The van der Waals surface area contributed by atoms with Crippen LogP contribution in [0.2, 0.25) is 0 Å². The fraction of sp³-hybridized carbons (Fsp3) is 0.333. The van der Waals surface area contributed by atoms with Crippen molar-refractivity contribution in [1.29, 1.82) is 0 Å². The number of hydrogen-bond donors (Lipinski definition) is 3. The van der Waals surface area contributed by atoms with Crippen LogP contribution in [0.1, 0.15) is 23.2 Å². The number of benzene rings is 1. The second kappa shape index (κ2) is 5.39. The Labute approximate surface area is 113 Å². The molecule has 2 amide bonds. The molecule has 0 saturated carbocycles. The number of amides is 2. The van der Waals surface area contributed by atoms with Crippen molar-refractivity contribution in [3.63, 3.8) is 0 Å². The van der Waals surface area contributed by atoms with E-state index in [4.69, 9.17) is 5.73 Å². The first-order chi connectivity index (χ1) is 8.58. The Morgan fingerprint density at radius 3 is 2.94 bits per heavy atom. The van der Waals surface area contributed by atoms with E-state index in [9.17, 15) is 9.59 Å². The second-order valence-electron chi connectivity index (χ2n) is 4.19. The molecule has 96 valence electrons. The lowest BCUT2D eigenvalue weighted by Gasteiger charge is -2.23. The number of hydrogen-bond acceptors (Lipinski definition) is 3. The highest BCUT2D eigenvalue weighted by Gasteiger charge is 2.24. The molecule has 6 heteroatoms. The smallest absolute Gasteiger partial charge is 0.254 e. The van der Waals surface area contributed by atoms with Gasteiger partial charge in [-0.1, -0.05) is 15.9 Å². The minimum absolute atomic E-state index is 0.134. The average Bonchev–Trinajstić information content (AvgIpc) is 2.32. The molecular weight excluding hydrogens is 298 g/mol. The van der Waals surface area contributed by atoms with Gasteiger partial charge in [-0.05, 0) is 31.0 Å². The highest BCUT2D eigenvalue weighted by Crippen LogP contribution is 2.18. The second-order valence-corrected chi connectivity index (χ2v) is 5.11. The van der Waals surface area contributed by atoms with Crippen LogP contribution in [0.3, 0.4) is 0 Å². The molecule has 5 nitrogen and oxygen atoms in total. The molecule has 18 heavy (non-hydrogen) atoms. The largest absolute Gasteiger partial charge is 0.398 e. The number of piperidine rings is 1. The fourth-order valence-electron chi connectivity index (χ4n) is 1.89. The zero-order valence-corrected chi connectivity index (χ0v) is 11.3. The number of rotatable bonds is 2. The Morgan fingerprint density at radius 1 is 1.50 bits per heavy atom. The van der Waals surface area contributed by atoms with Gasteiger partial charge in [0.15, 0.2) is 0 Å². The van der Waals surface area contributed by atoms with Crippen LogP contribution in [-0.4, -0.2) is 24.4 Å². The molecular formula is C12H14BrN3O2. The third kappa shape index (κ3) is 2.81. The van der Waals surface area contributed by atoms with Gasteiger partial charge in [-0.25, -0.2) is 0 Å². The molecule has 0 aliphatic carbocycles. The van der Waals surface area contributed by atoms with E-state index >= 15 is 0 Å². The predicted molar refractivity (Wildman–Crippen MR) is 72.1 cm³/mol. The van der Waals surface area contributed by atoms with Gasteiger partial charge >= 0.3 is 0 Å². The number of carbonyl (C=O) groups excluding carboxylic acids is 2. The molecule has 1 fully saturated rings. The molecule has 1 atom stereocenters. The molecule has 0 bridgehead atoms. The van der Waals surface area contributed by atoms with E-state index in [1.165, 1.54) is 0 Å². The standard InChI is InChI=1S/C12H14BrN3O2/c13-7-3-4-8(9(14)6-7)11(17)16-10-2-1-5-15-12(10)18/h3-4,6,10H,1-2,5,14H2,(H,15,18)(H,16,17). The Balaban J connectivity index is 2.09. The molecule has 2 rings (SSSR count). The molecule has 4 N–H and O–H groups in total. The topological polar surface area (TPSA) is 84.2 Å². The molecule has 1 aromatic carbocycles. The molecule has 1 aliphatic rings. The van der Waals surface area contributed by atoms with Gasteiger partial charge in [0.1, 0.15) is 6.04 Å². The SMILES string of the molecule is Nc1cc(Br)ccc1C(=O)NC1CCCNC1=O. The van der Waals surface area contributed by atoms with Crippen molar-refractivity contribution < 1.29 is 9.59 Å². The lowest BCUT2D eigenvalue weighted by Crippen LogP contribution is -2.50.